The maximum atomic E-state index is 4.73. The van der Waals surface area contributed by atoms with Crippen molar-refractivity contribution in [3.05, 3.63) is 53.6 Å². The SMILES string of the molecule is Cc1nn(C)c(C)c1-c1cnc2ccc(Nc3cc(C(C)C)cnn3)nc2c1. The molecule has 0 bridgehead atoms. The molecule has 0 amide bonds. The molecular weight excluding hydrogens is 350 g/mol. The molecule has 0 fully saturated rings. The third kappa shape index (κ3) is 3.31. The van der Waals surface area contributed by atoms with Gasteiger partial charge in [0.25, 0.3) is 0 Å². The molecule has 0 aliphatic carbocycles. The Hall–Kier alpha value is -3.35. The predicted molar refractivity (Wildman–Crippen MR) is 111 cm³/mol. The lowest BCUT2D eigenvalue weighted by molar-refractivity contribution is 0.731. The minimum Gasteiger partial charge on any atom is -0.323 e. The molecule has 4 rings (SSSR count). The summed E-state index contributed by atoms with van der Waals surface area (Å²) in [4.78, 5) is 9.31. The van der Waals surface area contributed by atoms with Gasteiger partial charge in [-0.25, -0.2) is 4.98 Å². The molecule has 0 aliphatic heterocycles. The highest BCUT2D eigenvalue weighted by Gasteiger charge is 2.13. The second kappa shape index (κ2) is 6.99. The molecule has 0 spiro atoms. The van der Waals surface area contributed by atoms with Gasteiger partial charge in [-0.15, -0.1) is 5.10 Å². The molecule has 0 radical (unpaired) electrons. The van der Waals surface area contributed by atoms with Crippen LogP contribution < -0.4 is 5.32 Å². The Morgan fingerprint density at radius 2 is 1.82 bits per heavy atom. The average molecular weight is 373 g/mol. The number of anilines is 2. The summed E-state index contributed by atoms with van der Waals surface area (Å²) in [6, 6.07) is 7.91. The first-order chi connectivity index (χ1) is 13.4. The summed E-state index contributed by atoms with van der Waals surface area (Å²) in [7, 11) is 1.95. The van der Waals surface area contributed by atoms with Crippen LogP contribution in [0.15, 0.2) is 36.7 Å². The summed E-state index contributed by atoms with van der Waals surface area (Å²) < 4.78 is 1.89. The Morgan fingerprint density at radius 1 is 1.00 bits per heavy atom. The molecule has 28 heavy (non-hydrogen) atoms. The molecule has 0 aliphatic rings. The van der Waals surface area contributed by atoms with Gasteiger partial charge in [-0.05, 0) is 49.6 Å². The number of hydrogen-bond donors (Lipinski definition) is 1. The molecule has 1 N–H and O–H groups in total. The van der Waals surface area contributed by atoms with E-state index in [9.17, 15) is 0 Å². The summed E-state index contributed by atoms with van der Waals surface area (Å²) >= 11 is 0. The minimum absolute atomic E-state index is 0.387. The number of nitrogens with one attached hydrogen (secondary N) is 1. The van der Waals surface area contributed by atoms with E-state index in [1.807, 2.05) is 43.0 Å². The lowest BCUT2D eigenvalue weighted by Gasteiger charge is -2.09. The van der Waals surface area contributed by atoms with E-state index < -0.39 is 0 Å². The Balaban J connectivity index is 1.71. The van der Waals surface area contributed by atoms with Crippen molar-refractivity contribution in [1.29, 1.82) is 0 Å². The van der Waals surface area contributed by atoms with Crippen molar-refractivity contribution >= 4 is 22.7 Å². The number of aromatic nitrogens is 6. The van der Waals surface area contributed by atoms with Crippen LogP contribution in [0.1, 0.15) is 36.7 Å². The lowest BCUT2D eigenvalue weighted by Crippen LogP contribution is -2.00. The van der Waals surface area contributed by atoms with E-state index in [0.29, 0.717) is 17.6 Å². The third-order valence-corrected chi connectivity index (χ3v) is 4.93. The van der Waals surface area contributed by atoms with Crippen molar-refractivity contribution in [2.24, 2.45) is 7.05 Å². The van der Waals surface area contributed by atoms with E-state index >= 15 is 0 Å². The van der Waals surface area contributed by atoms with Gasteiger partial charge in [0.2, 0.25) is 0 Å². The fraction of sp³-hybridized carbons (Fsp3) is 0.286. The van der Waals surface area contributed by atoms with Gasteiger partial charge in [-0.3, -0.25) is 9.67 Å². The fourth-order valence-corrected chi connectivity index (χ4v) is 3.29. The second-order valence-corrected chi connectivity index (χ2v) is 7.28. The highest BCUT2D eigenvalue weighted by atomic mass is 15.3. The number of fused-ring (bicyclic) bond motifs is 1. The normalized spacial score (nSPS) is 11.4. The van der Waals surface area contributed by atoms with Crippen molar-refractivity contribution in [3.8, 4) is 11.1 Å². The molecule has 0 unspecified atom stereocenters. The van der Waals surface area contributed by atoms with Crippen LogP contribution in [0, 0.1) is 13.8 Å². The summed E-state index contributed by atoms with van der Waals surface area (Å²) in [6.07, 6.45) is 3.67. The average Bonchev–Trinajstić information content (AvgIpc) is 2.93. The van der Waals surface area contributed by atoms with Crippen LogP contribution in [0.5, 0.6) is 0 Å². The Morgan fingerprint density at radius 3 is 2.54 bits per heavy atom. The summed E-state index contributed by atoms with van der Waals surface area (Å²) in [5.74, 6) is 1.78. The Bertz CT molecular complexity index is 1160. The largest absolute Gasteiger partial charge is 0.323 e. The van der Waals surface area contributed by atoms with Crippen molar-refractivity contribution < 1.29 is 0 Å². The lowest BCUT2D eigenvalue weighted by atomic mass is 10.1. The standard InChI is InChI=1S/C21H23N7/c1-12(2)15-9-20(26-23-11-15)25-19-7-6-17-18(24-19)8-16(10-22-17)21-13(3)27-28(5)14(21)4/h6-12H,1-5H3,(H,24,25,26). The fourth-order valence-electron chi connectivity index (χ4n) is 3.29. The molecule has 4 aromatic rings. The van der Waals surface area contributed by atoms with Crippen molar-refractivity contribution in [2.45, 2.75) is 33.6 Å². The zero-order chi connectivity index (χ0) is 19.8. The molecule has 0 aromatic carbocycles. The molecule has 0 saturated heterocycles. The molecule has 4 aromatic heterocycles. The molecule has 0 saturated carbocycles. The summed E-state index contributed by atoms with van der Waals surface area (Å²) in [5.41, 5.74) is 7.00. The smallest absolute Gasteiger partial charge is 0.154 e. The van der Waals surface area contributed by atoms with Crippen LogP contribution in [0.4, 0.5) is 11.6 Å². The Kier molecular flexibility index (Phi) is 4.50. The summed E-state index contributed by atoms with van der Waals surface area (Å²) in [5, 5.41) is 16.0. The van der Waals surface area contributed by atoms with Gasteiger partial charge in [0.05, 0.1) is 22.9 Å². The molecule has 7 nitrogen and oxygen atoms in total. The van der Waals surface area contributed by atoms with Gasteiger partial charge in [-0.2, -0.15) is 10.2 Å². The monoisotopic (exact) mass is 373 g/mol. The second-order valence-electron chi connectivity index (χ2n) is 7.28. The topological polar surface area (TPSA) is 81.4 Å². The maximum absolute atomic E-state index is 4.73. The summed E-state index contributed by atoms with van der Waals surface area (Å²) in [6.45, 7) is 8.33. The van der Waals surface area contributed by atoms with Gasteiger partial charge in [0.15, 0.2) is 5.82 Å². The molecule has 7 heteroatoms. The number of rotatable bonds is 4. The van der Waals surface area contributed by atoms with Crippen molar-refractivity contribution in [2.75, 3.05) is 5.32 Å². The molecular formula is C21H23N7. The first kappa shape index (κ1) is 18.0. The van der Waals surface area contributed by atoms with Crippen LogP contribution in [0.25, 0.3) is 22.2 Å². The van der Waals surface area contributed by atoms with E-state index in [2.05, 4.69) is 52.4 Å². The van der Waals surface area contributed by atoms with E-state index in [0.717, 1.165) is 39.1 Å². The number of pyridine rings is 2. The molecule has 0 atom stereocenters. The highest BCUT2D eigenvalue weighted by molar-refractivity contribution is 5.83. The van der Waals surface area contributed by atoms with E-state index in [1.165, 1.54) is 0 Å². The number of nitrogens with zero attached hydrogens (tertiary/aromatic N) is 6. The van der Waals surface area contributed by atoms with Crippen LogP contribution >= 0.6 is 0 Å². The third-order valence-electron chi connectivity index (χ3n) is 4.93. The van der Waals surface area contributed by atoms with Crippen molar-refractivity contribution in [1.82, 2.24) is 29.9 Å². The van der Waals surface area contributed by atoms with Crippen LogP contribution in [0.2, 0.25) is 0 Å². The van der Waals surface area contributed by atoms with Gasteiger partial charge in [0.1, 0.15) is 5.82 Å². The zero-order valence-corrected chi connectivity index (χ0v) is 16.7. The highest BCUT2D eigenvalue weighted by Crippen LogP contribution is 2.28. The molecule has 4 heterocycles. The quantitative estimate of drug-likeness (QED) is 0.574. The number of aryl methyl sites for hydroxylation is 2. The Labute approximate surface area is 163 Å². The maximum Gasteiger partial charge on any atom is 0.154 e. The van der Waals surface area contributed by atoms with Crippen LogP contribution in [0.3, 0.4) is 0 Å². The van der Waals surface area contributed by atoms with Crippen LogP contribution in [-0.2, 0) is 7.05 Å². The molecule has 142 valence electrons. The van der Waals surface area contributed by atoms with Gasteiger partial charge in [-0.1, -0.05) is 13.8 Å². The van der Waals surface area contributed by atoms with Crippen molar-refractivity contribution in [3.63, 3.8) is 0 Å². The predicted octanol–water partition coefficient (Wildman–Crippen LogP) is 4.30. The van der Waals surface area contributed by atoms with E-state index in [1.54, 1.807) is 6.20 Å². The number of hydrogen-bond acceptors (Lipinski definition) is 6. The first-order valence-corrected chi connectivity index (χ1v) is 9.29. The zero-order valence-electron chi connectivity index (χ0n) is 16.7. The van der Waals surface area contributed by atoms with E-state index in [4.69, 9.17) is 4.98 Å². The van der Waals surface area contributed by atoms with Gasteiger partial charge >= 0.3 is 0 Å². The van der Waals surface area contributed by atoms with Gasteiger partial charge < -0.3 is 5.32 Å². The van der Waals surface area contributed by atoms with E-state index in [-0.39, 0.29) is 0 Å². The first-order valence-electron chi connectivity index (χ1n) is 9.29. The van der Waals surface area contributed by atoms with Gasteiger partial charge in [0, 0.05) is 30.1 Å². The minimum atomic E-state index is 0.387. The van der Waals surface area contributed by atoms with Crippen LogP contribution in [-0.4, -0.2) is 29.9 Å².